The molecule has 0 bridgehead atoms. The van der Waals surface area contributed by atoms with E-state index < -0.39 is 21.7 Å². The molecule has 0 saturated heterocycles. The van der Waals surface area contributed by atoms with Gasteiger partial charge in [0.1, 0.15) is 0 Å². The molecule has 4 rings (SSSR count). The molecular formula is C24H16N4O6. The zero-order chi connectivity index (χ0) is 24.2. The molecule has 0 saturated carbocycles. The highest BCUT2D eigenvalue weighted by molar-refractivity contribution is 6.14. The molecule has 0 unspecified atom stereocenters. The number of nitro benzene ring substituents is 2. The van der Waals surface area contributed by atoms with Crippen molar-refractivity contribution in [2.24, 2.45) is 0 Å². The number of benzene rings is 4. The first kappa shape index (κ1) is 22.1. The molecule has 10 heteroatoms. The lowest BCUT2D eigenvalue weighted by Crippen LogP contribution is -2.13. The van der Waals surface area contributed by atoms with E-state index in [1.165, 1.54) is 48.5 Å². The molecule has 0 aliphatic rings. The molecule has 4 aromatic rings. The number of hydrogen-bond acceptors (Lipinski definition) is 6. The highest BCUT2D eigenvalue weighted by Crippen LogP contribution is 2.30. The number of nitrogens with zero attached hydrogens (tertiary/aromatic N) is 2. The number of amides is 2. The minimum absolute atomic E-state index is 0.126. The molecule has 168 valence electrons. The fourth-order valence-electron chi connectivity index (χ4n) is 3.44. The van der Waals surface area contributed by atoms with Crippen LogP contribution in [0.2, 0.25) is 0 Å². The van der Waals surface area contributed by atoms with Crippen LogP contribution in [-0.4, -0.2) is 21.7 Å². The standard InChI is InChI=1S/C24H16N4O6/c29-23(15-5-1-7-17(13-15)27(31)32)25-21-11-3-10-20-19(21)9-4-12-22(20)26-24(30)16-6-2-8-18(14-16)28(33)34/h1-14H,(H,25,29)(H,26,30). The van der Waals surface area contributed by atoms with Crippen molar-refractivity contribution in [3.63, 3.8) is 0 Å². The molecule has 2 amide bonds. The summed E-state index contributed by atoms with van der Waals surface area (Å²) >= 11 is 0. The molecular weight excluding hydrogens is 440 g/mol. The Labute approximate surface area is 192 Å². The van der Waals surface area contributed by atoms with E-state index in [9.17, 15) is 29.8 Å². The summed E-state index contributed by atoms with van der Waals surface area (Å²) in [5.41, 5.74) is 0.747. The Morgan fingerprint density at radius 2 is 0.971 bits per heavy atom. The maximum Gasteiger partial charge on any atom is 0.270 e. The SMILES string of the molecule is O=C(Nc1cccc2c(NC(=O)c3cccc([N+](=O)[O-])c3)cccc12)c1cccc([N+](=O)[O-])c1. The van der Waals surface area contributed by atoms with Crippen molar-refractivity contribution in [2.75, 3.05) is 10.6 Å². The summed E-state index contributed by atoms with van der Waals surface area (Å²) in [6.07, 6.45) is 0. The van der Waals surface area contributed by atoms with Gasteiger partial charge in [0.25, 0.3) is 23.2 Å². The van der Waals surface area contributed by atoms with Crippen LogP contribution >= 0.6 is 0 Å². The summed E-state index contributed by atoms with van der Waals surface area (Å²) in [7, 11) is 0. The second-order valence-electron chi connectivity index (χ2n) is 7.23. The summed E-state index contributed by atoms with van der Waals surface area (Å²) in [5, 5.41) is 28.7. The van der Waals surface area contributed by atoms with Gasteiger partial charge in [-0.3, -0.25) is 29.8 Å². The molecule has 0 fully saturated rings. The summed E-state index contributed by atoms with van der Waals surface area (Å²) in [6.45, 7) is 0. The first-order valence-corrected chi connectivity index (χ1v) is 9.97. The third kappa shape index (κ3) is 4.55. The first-order valence-electron chi connectivity index (χ1n) is 9.97. The van der Waals surface area contributed by atoms with E-state index in [-0.39, 0.29) is 22.5 Å². The largest absolute Gasteiger partial charge is 0.321 e. The van der Waals surface area contributed by atoms with E-state index >= 15 is 0 Å². The van der Waals surface area contributed by atoms with Gasteiger partial charge in [0.2, 0.25) is 0 Å². The Balaban J connectivity index is 1.62. The fraction of sp³-hybridized carbons (Fsp3) is 0. The van der Waals surface area contributed by atoms with Crippen molar-refractivity contribution in [1.82, 2.24) is 0 Å². The summed E-state index contributed by atoms with van der Waals surface area (Å²) in [4.78, 5) is 46.3. The molecule has 2 N–H and O–H groups in total. The lowest BCUT2D eigenvalue weighted by atomic mass is 10.1. The molecule has 0 atom stereocenters. The fourth-order valence-corrected chi connectivity index (χ4v) is 3.44. The van der Waals surface area contributed by atoms with Gasteiger partial charge in [0.05, 0.1) is 9.85 Å². The quantitative estimate of drug-likeness (QED) is 0.303. The monoisotopic (exact) mass is 456 g/mol. The van der Waals surface area contributed by atoms with Gasteiger partial charge in [-0.05, 0) is 24.3 Å². The molecule has 0 spiro atoms. The van der Waals surface area contributed by atoms with E-state index in [1.54, 1.807) is 36.4 Å². The van der Waals surface area contributed by atoms with Crippen molar-refractivity contribution in [1.29, 1.82) is 0 Å². The number of nitrogens with one attached hydrogen (secondary N) is 2. The van der Waals surface area contributed by atoms with Crippen LogP contribution in [0.1, 0.15) is 20.7 Å². The van der Waals surface area contributed by atoms with Crippen molar-refractivity contribution < 1.29 is 19.4 Å². The Morgan fingerprint density at radius 3 is 1.35 bits per heavy atom. The minimum atomic E-state index is -0.578. The van der Waals surface area contributed by atoms with Crippen LogP contribution in [0.4, 0.5) is 22.7 Å². The van der Waals surface area contributed by atoms with Crippen LogP contribution < -0.4 is 10.6 Å². The van der Waals surface area contributed by atoms with Gasteiger partial charge >= 0.3 is 0 Å². The van der Waals surface area contributed by atoms with E-state index in [2.05, 4.69) is 10.6 Å². The Kier molecular flexibility index (Phi) is 5.95. The Hall–Kier alpha value is -5.12. The van der Waals surface area contributed by atoms with Crippen molar-refractivity contribution >= 4 is 45.3 Å². The summed E-state index contributed by atoms with van der Waals surface area (Å²) < 4.78 is 0. The van der Waals surface area contributed by atoms with Gasteiger partial charge in [0, 0.05) is 57.5 Å². The van der Waals surface area contributed by atoms with E-state index in [4.69, 9.17) is 0 Å². The predicted octanol–water partition coefficient (Wildman–Crippen LogP) is 5.16. The van der Waals surface area contributed by atoms with Gasteiger partial charge in [-0.15, -0.1) is 0 Å². The average molecular weight is 456 g/mol. The molecule has 0 heterocycles. The van der Waals surface area contributed by atoms with Gasteiger partial charge in [-0.25, -0.2) is 0 Å². The second kappa shape index (κ2) is 9.17. The Bertz CT molecular complexity index is 1360. The topological polar surface area (TPSA) is 144 Å². The van der Waals surface area contributed by atoms with Crippen LogP contribution in [0.15, 0.2) is 84.9 Å². The van der Waals surface area contributed by atoms with Crippen LogP contribution in [0.3, 0.4) is 0 Å². The number of carbonyl (C=O) groups excluding carboxylic acids is 2. The number of nitro groups is 2. The molecule has 34 heavy (non-hydrogen) atoms. The minimum Gasteiger partial charge on any atom is -0.321 e. The average Bonchev–Trinajstić information content (AvgIpc) is 2.84. The molecule has 0 aliphatic heterocycles. The Morgan fingerprint density at radius 1 is 0.588 bits per heavy atom. The maximum absolute atomic E-state index is 12.7. The van der Waals surface area contributed by atoms with Gasteiger partial charge < -0.3 is 10.6 Å². The lowest BCUT2D eigenvalue weighted by molar-refractivity contribution is -0.385. The number of non-ortho nitro benzene ring substituents is 2. The summed E-state index contributed by atoms with van der Waals surface area (Å²) in [5.74, 6) is -1.05. The van der Waals surface area contributed by atoms with Crippen LogP contribution in [-0.2, 0) is 0 Å². The van der Waals surface area contributed by atoms with Gasteiger partial charge in [-0.2, -0.15) is 0 Å². The third-order valence-corrected chi connectivity index (χ3v) is 5.06. The van der Waals surface area contributed by atoms with Crippen molar-refractivity contribution in [3.8, 4) is 0 Å². The number of anilines is 2. The predicted molar refractivity (Wildman–Crippen MR) is 126 cm³/mol. The number of carbonyl (C=O) groups is 2. The molecule has 0 aromatic heterocycles. The second-order valence-corrected chi connectivity index (χ2v) is 7.23. The first-order chi connectivity index (χ1) is 16.3. The number of rotatable bonds is 6. The normalized spacial score (nSPS) is 10.5. The summed E-state index contributed by atoms with van der Waals surface area (Å²) in [6, 6.07) is 21.0. The van der Waals surface area contributed by atoms with E-state index in [0.717, 1.165) is 0 Å². The van der Waals surface area contributed by atoms with E-state index in [1.807, 2.05) is 0 Å². The van der Waals surface area contributed by atoms with E-state index in [0.29, 0.717) is 22.1 Å². The zero-order valence-corrected chi connectivity index (χ0v) is 17.4. The number of fused-ring (bicyclic) bond motifs is 1. The third-order valence-electron chi connectivity index (χ3n) is 5.06. The molecule has 0 radical (unpaired) electrons. The lowest BCUT2D eigenvalue weighted by Gasteiger charge is -2.13. The number of hydrogen-bond donors (Lipinski definition) is 2. The maximum atomic E-state index is 12.7. The highest BCUT2D eigenvalue weighted by atomic mass is 16.6. The van der Waals surface area contributed by atoms with Gasteiger partial charge in [-0.1, -0.05) is 36.4 Å². The van der Waals surface area contributed by atoms with Crippen LogP contribution in [0.5, 0.6) is 0 Å². The van der Waals surface area contributed by atoms with Crippen LogP contribution in [0, 0.1) is 20.2 Å². The molecule has 10 nitrogen and oxygen atoms in total. The highest BCUT2D eigenvalue weighted by Gasteiger charge is 2.15. The van der Waals surface area contributed by atoms with Gasteiger partial charge in [0.15, 0.2) is 0 Å². The molecule has 4 aromatic carbocycles. The smallest absolute Gasteiger partial charge is 0.270 e. The molecule has 0 aliphatic carbocycles. The van der Waals surface area contributed by atoms with Crippen molar-refractivity contribution in [2.45, 2.75) is 0 Å². The zero-order valence-electron chi connectivity index (χ0n) is 17.4. The van der Waals surface area contributed by atoms with Crippen molar-refractivity contribution in [3.05, 3.63) is 116 Å². The van der Waals surface area contributed by atoms with Crippen LogP contribution in [0.25, 0.3) is 10.8 Å².